The minimum absolute atomic E-state index is 0.0356. The highest BCUT2D eigenvalue weighted by molar-refractivity contribution is 5.78. The van der Waals surface area contributed by atoms with Crippen molar-refractivity contribution in [2.24, 2.45) is 5.73 Å². The third kappa shape index (κ3) is 4.86. The fourth-order valence-corrected chi connectivity index (χ4v) is 1.15. The molecule has 1 aromatic heterocycles. The van der Waals surface area contributed by atoms with E-state index in [1.165, 1.54) is 0 Å². The van der Waals surface area contributed by atoms with Crippen LogP contribution >= 0.6 is 0 Å². The first-order chi connectivity index (χ1) is 7.93. The SMILES string of the molecule is Cc1ccc(CC(=O)NCC(F)(F)CN)cn1. The third-order valence-corrected chi connectivity index (χ3v) is 2.18. The first-order valence-corrected chi connectivity index (χ1v) is 5.19. The fraction of sp³-hybridized carbons (Fsp3) is 0.455. The fourth-order valence-electron chi connectivity index (χ4n) is 1.15. The Hall–Kier alpha value is -1.56. The van der Waals surface area contributed by atoms with Crippen LogP contribution in [0.1, 0.15) is 11.3 Å². The van der Waals surface area contributed by atoms with Gasteiger partial charge in [-0.2, -0.15) is 0 Å². The average Bonchev–Trinajstić information content (AvgIpc) is 2.30. The molecule has 1 aromatic rings. The van der Waals surface area contributed by atoms with Gasteiger partial charge in [0.2, 0.25) is 5.91 Å². The number of nitrogens with zero attached hydrogens (tertiary/aromatic N) is 1. The van der Waals surface area contributed by atoms with Crippen molar-refractivity contribution >= 4 is 5.91 Å². The van der Waals surface area contributed by atoms with Gasteiger partial charge in [0, 0.05) is 11.9 Å². The Kier molecular flexibility index (Phi) is 4.51. The van der Waals surface area contributed by atoms with Crippen molar-refractivity contribution in [3.63, 3.8) is 0 Å². The molecule has 0 radical (unpaired) electrons. The molecule has 0 fully saturated rings. The van der Waals surface area contributed by atoms with Gasteiger partial charge in [-0.3, -0.25) is 9.78 Å². The van der Waals surface area contributed by atoms with E-state index >= 15 is 0 Å². The number of alkyl halides is 2. The molecule has 1 amide bonds. The van der Waals surface area contributed by atoms with E-state index < -0.39 is 24.9 Å². The second-order valence-electron chi connectivity index (χ2n) is 3.82. The van der Waals surface area contributed by atoms with E-state index in [0.717, 1.165) is 5.69 Å². The molecule has 3 N–H and O–H groups in total. The van der Waals surface area contributed by atoms with Crippen molar-refractivity contribution in [1.82, 2.24) is 10.3 Å². The molecule has 4 nitrogen and oxygen atoms in total. The molecule has 0 aliphatic carbocycles. The number of rotatable bonds is 5. The number of nitrogens with two attached hydrogens (primary N) is 1. The number of carbonyl (C=O) groups excluding carboxylic acids is 1. The maximum atomic E-state index is 12.8. The molecular formula is C11H15F2N3O. The summed E-state index contributed by atoms with van der Waals surface area (Å²) in [5.74, 6) is -3.52. The number of aryl methyl sites for hydroxylation is 1. The van der Waals surface area contributed by atoms with Crippen LogP contribution in [-0.2, 0) is 11.2 Å². The number of nitrogens with one attached hydrogen (secondary N) is 1. The zero-order valence-electron chi connectivity index (χ0n) is 9.54. The van der Waals surface area contributed by atoms with Crippen LogP contribution < -0.4 is 11.1 Å². The molecule has 0 atom stereocenters. The summed E-state index contributed by atoms with van der Waals surface area (Å²) in [5, 5.41) is 2.14. The van der Waals surface area contributed by atoms with E-state index in [0.29, 0.717) is 5.56 Å². The van der Waals surface area contributed by atoms with Crippen molar-refractivity contribution in [2.45, 2.75) is 19.3 Å². The summed E-state index contributed by atoms with van der Waals surface area (Å²) in [4.78, 5) is 15.4. The lowest BCUT2D eigenvalue weighted by Gasteiger charge is -2.14. The van der Waals surface area contributed by atoms with Crippen LogP contribution in [0, 0.1) is 6.92 Å². The predicted molar refractivity (Wildman–Crippen MR) is 59.7 cm³/mol. The number of halogens is 2. The Morgan fingerprint density at radius 2 is 2.24 bits per heavy atom. The van der Waals surface area contributed by atoms with Gasteiger partial charge >= 0.3 is 0 Å². The van der Waals surface area contributed by atoms with Crippen LogP contribution in [0.3, 0.4) is 0 Å². The lowest BCUT2D eigenvalue weighted by molar-refractivity contribution is -0.122. The van der Waals surface area contributed by atoms with Crippen molar-refractivity contribution in [3.8, 4) is 0 Å². The minimum Gasteiger partial charge on any atom is -0.350 e. The van der Waals surface area contributed by atoms with Crippen LogP contribution in [-0.4, -0.2) is 29.9 Å². The van der Waals surface area contributed by atoms with Crippen molar-refractivity contribution in [2.75, 3.05) is 13.1 Å². The largest absolute Gasteiger partial charge is 0.350 e. The van der Waals surface area contributed by atoms with Gasteiger partial charge in [-0.25, -0.2) is 8.78 Å². The van der Waals surface area contributed by atoms with Crippen molar-refractivity contribution in [1.29, 1.82) is 0 Å². The van der Waals surface area contributed by atoms with Crippen LogP contribution in [0.15, 0.2) is 18.3 Å². The van der Waals surface area contributed by atoms with Gasteiger partial charge in [0.1, 0.15) is 0 Å². The average molecular weight is 243 g/mol. The predicted octanol–water partition coefficient (Wildman–Crippen LogP) is 0.643. The zero-order chi connectivity index (χ0) is 12.9. The molecular weight excluding hydrogens is 228 g/mol. The highest BCUT2D eigenvalue weighted by Crippen LogP contribution is 2.08. The van der Waals surface area contributed by atoms with Crippen LogP contribution in [0.25, 0.3) is 0 Å². The lowest BCUT2D eigenvalue weighted by Crippen LogP contribution is -2.42. The summed E-state index contributed by atoms with van der Waals surface area (Å²) in [6, 6.07) is 3.50. The summed E-state index contributed by atoms with van der Waals surface area (Å²) >= 11 is 0. The summed E-state index contributed by atoms with van der Waals surface area (Å²) in [5.41, 5.74) is 6.37. The molecule has 0 bridgehead atoms. The summed E-state index contributed by atoms with van der Waals surface area (Å²) in [6.07, 6.45) is 1.59. The Morgan fingerprint density at radius 3 is 2.76 bits per heavy atom. The molecule has 94 valence electrons. The highest BCUT2D eigenvalue weighted by atomic mass is 19.3. The number of hydrogen-bond acceptors (Lipinski definition) is 3. The Bertz CT molecular complexity index is 379. The van der Waals surface area contributed by atoms with E-state index in [2.05, 4.69) is 10.3 Å². The quantitative estimate of drug-likeness (QED) is 0.797. The van der Waals surface area contributed by atoms with Gasteiger partial charge in [-0.05, 0) is 18.6 Å². The van der Waals surface area contributed by atoms with E-state index in [1.54, 1.807) is 18.3 Å². The number of amides is 1. The number of hydrogen-bond donors (Lipinski definition) is 2. The lowest BCUT2D eigenvalue weighted by atomic mass is 10.2. The van der Waals surface area contributed by atoms with Crippen LogP contribution in [0.4, 0.5) is 8.78 Å². The van der Waals surface area contributed by atoms with Gasteiger partial charge in [-0.15, -0.1) is 0 Å². The topological polar surface area (TPSA) is 68.0 Å². The molecule has 0 saturated carbocycles. The van der Waals surface area contributed by atoms with E-state index in [4.69, 9.17) is 5.73 Å². The maximum Gasteiger partial charge on any atom is 0.277 e. The second kappa shape index (κ2) is 5.67. The minimum atomic E-state index is -3.05. The standard InChI is InChI=1S/C11H15F2N3O/c1-8-2-3-9(5-15-8)4-10(17)16-7-11(12,13)6-14/h2-3,5H,4,6-7,14H2,1H3,(H,16,17). The monoisotopic (exact) mass is 243 g/mol. The third-order valence-electron chi connectivity index (χ3n) is 2.18. The molecule has 1 rings (SSSR count). The molecule has 17 heavy (non-hydrogen) atoms. The Labute approximate surface area is 98.2 Å². The molecule has 0 saturated heterocycles. The second-order valence-corrected chi connectivity index (χ2v) is 3.82. The molecule has 0 aliphatic heterocycles. The van der Waals surface area contributed by atoms with Crippen molar-refractivity contribution < 1.29 is 13.6 Å². The van der Waals surface area contributed by atoms with Gasteiger partial charge in [0.25, 0.3) is 5.92 Å². The first kappa shape index (κ1) is 13.5. The van der Waals surface area contributed by atoms with Crippen LogP contribution in [0.5, 0.6) is 0 Å². The first-order valence-electron chi connectivity index (χ1n) is 5.19. The molecule has 0 aromatic carbocycles. The normalized spacial score (nSPS) is 11.3. The van der Waals surface area contributed by atoms with Gasteiger partial charge in [0.15, 0.2) is 0 Å². The van der Waals surface area contributed by atoms with E-state index in [1.807, 2.05) is 6.92 Å². The molecule has 0 aliphatic rings. The Morgan fingerprint density at radius 1 is 1.53 bits per heavy atom. The van der Waals surface area contributed by atoms with Crippen molar-refractivity contribution in [3.05, 3.63) is 29.6 Å². The Balaban J connectivity index is 2.42. The van der Waals surface area contributed by atoms with E-state index in [9.17, 15) is 13.6 Å². The summed E-state index contributed by atoms with van der Waals surface area (Å²) < 4.78 is 25.5. The maximum absolute atomic E-state index is 12.8. The molecule has 0 spiro atoms. The smallest absolute Gasteiger partial charge is 0.277 e. The zero-order valence-corrected chi connectivity index (χ0v) is 9.54. The highest BCUT2D eigenvalue weighted by Gasteiger charge is 2.26. The van der Waals surface area contributed by atoms with Gasteiger partial charge in [-0.1, -0.05) is 6.07 Å². The molecule has 1 heterocycles. The number of carbonyl (C=O) groups is 1. The summed E-state index contributed by atoms with van der Waals surface area (Å²) in [7, 11) is 0. The summed E-state index contributed by atoms with van der Waals surface area (Å²) in [6.45, 7) is 0.312. The van der Waals surface area contributed by atoms with Crippen LogP contribution in [0.2, 0.25) is 0 Å². The molecule has 6 heteroatoms. The van der Waals surface area contributed by atoms with E-state index in [-0.39, 0.29) is 6.42 Å². The van der Waals surface area contributed by atoms with Gasteiger partial charge in [0.05, 0.1) is 19.5 Å². The van der Waals surface area contributed by atoms with Gasteiger partial charge < -0.3 is 11.1 Å². The number of pyridine rings is 1. The number of aromatic nitrogens is 1. The molecule has 0 unspecified atom stereocenters.